The summed E-state index contributed by atoms with van der Waals surface area (Å²) in [6, 6.07) is 3.74. The number of methoxy groups -OCH3 is 2. The van der Waals surface area contributed by atoms with Gasteiger partial charge in [-0.05, 0) is 31.9 Å². The van der Waals surface area contributed by atoms with Gasteiger partial charge in [-0.15, -0.1) is 0 Å². The minimum atomic E-state index is 0.0545. The van der Waals surface area contributed by atoms with Crippen LogP contribution in [0.4, 0.5) is 11.8 Å². The zero-order chi connectivity index (χ0) is 23.5. The van der Waals surface area contributed by atoms with Gasteiger partial charge in [0.05, 0.1) is 25.7 Å². The molecule has 1 fully saturated rings. The van der Waals surface area contributed by atoms with Crippen molar-refractivity contribution in [1.29, 1.82) is 0 Å². The third kappa shape index (κ3) is 7.08. The number of nitrogens with one attached hydrogen (secondary N) is 4. The lowest BCUT2D eigenvalue weighted by molar-refractivity contribution is -0.125. The largest absolute Gasteiger partial charge is 0.493 e. The van der Waals surface area contributed by atoms with E-state index in [0.717, 1.165) is 49.8 Å². The molecule has 1 aliphatic heterocycles. The van der Waals surface area contributed by atoms with Crippen LogP contribution in [0, 0.1) is 5.92 Å². The highest BCUT2D eigenvalue weighted by atomic mass is 16.5. The van der Waals surface area contributed by atoms with E-state index in [0.29, 0.717) is 36.4 Å². The molecule has 1 aliphatic rings. The number of carbonyl (C=O) groups is 1. The molecule has 9 nitrogen and oxygen atoms in total. The van der Waals surface area contributed by atoms with Gasteiger partial charge in [-0.2, -0.15) is 4.98 Å². The van der Waals surface area contributed by atoms with E-state index in [-0.39, 0.29) is 11.8 Å². The first-order valence-corrected chi connectivity index (χ1v) is 12.1. The van der Waals surface area contributed by atoms with Crippen LogP contribution in [0.5, 0.6) is 11.5 Å². The molecule has 0 aliphatic carbocycles. The summed E-state index contributed by atoms with van der Waals surface area (Å²) in [4.78, 5) is 21.8. The Morgan fingerprint density at radius 1 is 1.06 bits per heavy atom. The number of carbonyl (C=O) groups excluding carboxylic acids is 1. The lowest BCUT2D eigenvalue weighted by atomic mass is 9.99. The van der Waals surface area contributed by atoms with Crippen LogP contribution in [0.2, 0.25) is 0 Å². The van der Waals surface area contributed by atoms with Gasteiger partial charge in [0.2, 0.25) is 11.9 Å². The van der Waals surface area contributed by atoms with Crippen LogP contribution in [-0.4, -0.2) is 62.8 Å². The van der Waals surface area contributed by atoms with Crippen LogP contribution >= 0.6 is 0 Å². The van der Waals surface area contributed by atoms with E-state index >= 15 is 0 Å². The van der Waals surface area contributed by atoms with Crippen molar-refractivity contribution < 1.29 is 14.3 Å². The first kappa shape index (κ1) is 24.8. The zero-order valence-corrected chi connectivity index (χ0v) is 20.1. The van der Waals surface area contributed by atoms with Crippen molar-refractivity contribution in [3.8, 4) is 11.5 Å². The molecule has 0 saturated carbocycles. The fourth-order valence-electron chi connectivity index (χ4n) is 4.01. The summed E-state index contributed by atoms with van der Waals surface area (Å²) in [7, 11) is 3.22. The third-order valence-electron chi connectivity index (χ3n) is 5.90. The molecule has 9 heteroatoms. The molecule has 1 aromatic heterocycles. The van der Waals surface area contributed by atoms with Crippen LogP contribution in [-0.2, 0) is 4.79 Å². The summed E-state index contributed by atoms with van der Waals surface area (Å²) in [5.41, 5.74) is 0.763. The molecule has 2 aromatic rings. The molecule has 1 aromatic carbocycles. The van der Waals surface area contributed by atoms with Gasteiger partial charge in [0, 0.05) is 37.6 Å². The number of anilines is 2. The van der Waals surface area contributed by atoms with E-state index in [2.05, 4.69) is 33.2 Å². The van der Waals surface area contributed by atoms with Crippen molar-refractivity contribution in [2.45, 2.75) is 45.4 Å². The van der Waals surface area contributed by atoms with Crippen molar-refractivity contribution in [1.82, 2.24) is 20.6 Å². The number of piperidine rings is 1. The second-order valence-electron chi connectivity index (χ2n) is 8.37. The van der Waals surface area contributed by atoms with E-state index in [1.54, 1.807) is 14.2 Å². The Kier molecular flexibility index (Phi) is 9.80. The molecule has 4 N–H and O–H groups in total. The predicted octanol–water partition coefficient (Wildman–Crippen LogP) is 3.17. The van der Waals surface area contributed by atoms with Gasteiger partial charge in [-0.3, -0.25) is 4.79 Å². The summed E-state index contributed by atoms with van der Waals surface area (Å²) in [5, 5.41) is 13.9. The first-order valence-electron chi connectivity index (χ1n) is 12.1. The SMILES string of the molecule is CCCCCCNc1nc(NCCNC(=O)C2CCCNC2)c2cc(OC)c(OC)cc2n1. The summed E-state index contributed by atoms with van der Waals surface area (Å²) in [6.07, 6.45) is 6.68. The number of benzene rings is 1. The van der Waals surface area contributed by atoms with E-state index in [9.17, 15) is 4.79 Å². The van der Waals surface area contributed by atoms with Crippen molar-refractivity contribution in [2.75, 3.05) is 57.6 Å². The smallest absolute Gasteiger partial charge is 0.225 e. The number of unbranched alkanes of at least 4 members (excludes halogenated alkanes) is 3. The molecule has 0 radical (unpaired) electrons. The minimum Gasteiger partial charge on any atom is -0.493 e. The van der Waals surface area contributed by atoms with Gasteiger partial charge in [-0.25, -0.2) is 4.98 Å². The molecule has 3 rings (SSSR count). The molecule has 33 heavy (non-hydrogen) atoms. The Morgan fingerprint density at radius 3 is 2.61 bits per heavy atom. The number of fused-ring (bicyclic) bond motifs is 1. The van der Waals surface area contributed by atoms with E-state index in [1.807, 2.05) is 12.1 Å². The monoisotopic (exact) mass is 458 g/mol. The standard InChI is InChI=1S/C24H38N6O3/c1-4-5-6-7-11-28-24-29-19-15-21(33-3)20(32-2)14-18(19)22(30-24)26-12-13-27-23(31)17-9-8-10-25-16-17/h14-15,17,25H,4-13,16H2,1-3H3,(H,27,31)(H2,26,28,29,30). The lowest BCUT2D eigenvalue weighted by Gasteiger charge is -2.22. The van der Waals surface area contributed by atoms with Crippen molar-refractivity contribution in [2.24, 2.45) is 5.92 Å². The Morgan fingerprint density at radius 2 is 1.88 bits per heavy atom. The van der Waals surface area contributed by atoms with Crippen molar-refractivity contribution in [3.05, 3.63) is 12.1 Å². The average Bonchev–Trinajstić information content (AvgIpc) is 2.85. The first-order chi connectivity index (χ1) is 16.2. The topological polar surface area (TPSA) is 109 Å². The number of aromatic nitrogens is 2. The quantitative estimate of drug-likeness (QED) is 0.339. The molecule has 0 bridgehead atoms. The molecule has 182 valence electrons. The molecule has 2 heterocycles. The number of nitrogens with zero attached hydrogens (tertiary/aromatic N) is 2. The fourth-order valence-corrected chi connectivity index (χ4v) is 4.01. The van der Waals surface area contributed by atoms with E-state index < -0.39 is 0 Å². The molecular formula is C24H38N6O3. The number of ether oxygens (including phenoxy) is 2. The Balaban J connectivity index is 1.69. The Bertz CT molecular complexity index is 901. The highest BCUT2D eigenvalue weighted by Crippen LogP contribution is 2.34. The number of amides is 1. The predicted molar refractivity (Wildman–Crippen MR) is 132 cm³/mol. The van der Waals surface area contributed by atoms with E-state index in [4.69, 9.17) is 14.5 Å². The van der Waals surface area contributed by atoms with Crippen molar-refractivity contribution >= 4 is 28.6 Å². The molecule has 0 spiro atoms. The van der Waals surface area contributed by atoms with Crippen LogP contribution in [0.15, 0.2) is 12.1 Å². The van der Waals surface area contributed by atoms with Gasteiger partial charge in [0.1, 0.15) is 5.82 Å². The number of hydrogen-bond acceptors (Lipinski definition) is 8. The van der Waals surface area contributed by atoms with Crippen LogP contribution in [0.1, 0.15) is 45.4 Å². The number of rotatable bonds is 13. The molecular weight excluding hydrogens is 420 g/mol. The zero-order valence-electron chi connectivity index (χ0n) is 20.1. The Hall–Kier alpha value is -2.81. The molecule has 1 unspecified atom stereocenters. The molecule has 1 amide bonds. The fraction of sp³-hybridized carbons (Fsp3) is 0.625. The molecule has 1 saturated heterocycles. The normalized spacial score (nSPS) is 15.8. The second-order valence-corrected chi connectivity index (χ2v) is 8.37. The highest BCUT2D eigenvalue weighted by molar-refractivity contribution is 5.92. The second kappa shape index (κ2) is 13.0. The molecule has 1 atom stereocenters. The minimum absolute atomic E-state index is 0.0545. The van der Waals surface area contributed by atoms with Crippen LogP contribution in [0.25, 0.3) is 10.9 Å². The summed E-state index contributed by atoms with van der Waals surface area (Å²) < 4.78 is 10.9. The van der Waals surface area contributed by atoms with Crippen LogP contribution < -0.4 is 30.7 Å². The third-order valence-corrected chi connectivity index (χ3v) is 5.90. The summed E-state index contributed by atoms with van der Waals surface area (Å²) in [5.74, 6) is 2.68. The van der Waals surface area contributed by atoms with Gasteiger partial charge >= 0.3 is 0 Å². The average molecular weight is 459 g/mol. The van der Waals surface area contributed by atoms with Gasteiger partial charge in [-0.1, -0.05) is 26.2 Å². The van der Waals surface area contributed by atoms with Gasteiger partial charge in [0.25, 0.3) is 0 Å². The van der Waals surface area contributed by atoms with Gasteiger partial charge < -0.3 is 30.7 Å². The van der Waals surface area contributed by atoms with Gasteiger partial charge in [0.15, 0.2) is 11.5 Å². The lowest BCUT2D eigenvalue weighted by Crippen LogP contribution is -2.41. The summed E-state index contributed by atoms with van der Waals surface area (Å²) >= 11 is 0. The highest BCUT2D eigenvalue weighted by Gasteiger charge is 2.20. The Labute approximate surface area is 196 Å². The number of hydrogen-bond donors (Lipinski definition) is 4. The van der Waals surface area contributed by atoms with Crippen LogP contribution in [0.3, 0.4) is 0 Å². The maximum atomic E-state index is 12.4. The maximum absolute atomic E-state index is 12.4. The van der Waals surface area contributed by atoms with Crippen molar-refractivity contribution in [3.63, 3.8) is 0 Å². The maximum Gasteiger partial charge on any atom is 0.225 e. The van der Waals surface area contributed by atoms with E-state index in [1.165, 1.54) is 19.3 Å². The summed E-state index contributed by atoms with van der Waals surface area (Å²) in [6.45, 7) is 5.86.